The quantitative estimate of drug-likeness (QED) is 0.445. The third-order valence-electron chi connectivity index (χ3n) is 6.98. The van der Waals surface area contributed by atoms with Gasteiger partial charge in [-0.15, -0.1) is 0 Å². The van der Waals surface area contributed by atoms with E-state index < -0.39 is 16.3 Å². The van der Waals surface area contributed by atoms with Crippen molar-refractivity contribution in [2.24, 2.45) is 0 Å². The van der Waals surface area contributed by atoms with Gasteiger partial charge in [-0.25, -0.2) is 8.42 Å². The average Bonchev–Trinajstić information content (AvgIpc) is 2.97. The number of methoxy groups -OCH3 is 1. The first-order chi connectivity index (χ1) is 18.8. The largest absolute Gasteiger partial charge is 0.497 e. The van der Waals surface area contributed by atoms with Crippen LogP contribution < -0.4 is 4.74 Å². The molecule has 1 fully saturated rings. The van der Waals surface area contributed by atoms with Gasteiger partial charge in [0.05, 0.1) is 25.2 Å². The molecule has 39 heavy (non-hydrogen) atoms. The van der Waals surface area contributed by atoms with Gasteiger partial charge in [0.15, 0.2) is 5.76 Å². The number of ether oxygens (including phenoxy) is 3. The number of carbonyl (C=O) groups excluding carboxylic acids is 1. The van der Waals surface area contributed by atoms with E-state index in [0.29, 0.717) is 25.3 Å². The number of amides is 1. The summed E-state index contributed by atoms with van der Waals surface area (Å²) in [6, 6.07) is 15.9. The van der Waals surface area contributed by atoms with Crippen molar-refractivity contribution in [3.63, 3.8) is 0 Å². The zero-order valence-corrected chi connectivity index (χ0v) is 23.3. The Morgan fingerprint density at radius 2 is 1.74 bits per heavy atom. The Morgan fingerprint density at radius 3 is 2.38 bits per heavy atom. The Balaban J connectivity index is 1.44. The first-order valence-corrected chi connectivity index (χ1v) is 14.5. The molecule has 0 aliphatic carbocycles. The number of carbonyl (C=O) groups is 1. The monoisotopic (exact) mass is 559 g/mol. The number of rotatable bonds is 11. The van der Waals surface area contributed by atoms with Crippen LogP contribution in [0.5, 0.6) is 5.75 Å². The van der Waals surface area contributed by atoms with E-state index in [0.717, 1.165) is 18.7 Å². The minimum Gasteiger partial charge on any atom is -0.497 e. The van der Waals surface area contributed by atoms with E-state index in [1.807, 2.05) is 43.5 Å². The lowest BCUT2D eigenvalue weighted by Gasteiger charge is -2.35. The lowest BCUT2D eigenvalue weighted by Crippen LogP contribution is -2.48. The van der Waals surface area contributed by atoms with E-state index in [1.165, 1.54) is 23.5 Å². The van der Waals surface area contributed by atoms with Crippen molar-refractivity contribution in [2.45, 2.75) is 23.5 Å². The van der Waals surface area contributed by atoms with Gasteiger partial charge in [0.1, 0.15) is 5.75 Å². The molecule has 1 amide bonds. The fourth-order valence-electron chi connectivity index (χ4n) is 4.66. The first kappa shape index (κ1) is 29.0. The van der Waals surface area contributed by atoms with Gasteiger partial charge in [-0.05, 0) is 43.0 Å². The molecular formula is C28H37N3O7S. The summed E-state index contributed by atoms with van der Waals surface area (Å²) in [6.07, 6.45) is 1.61. The first-order valence-electron chi connectivity index (χ1n) is 13.1. The molecule has 2 aliphatic rings. The number of hydrogen-bond donors (Lipinski definition) is 1. The number of sulfonamides is 1. The second-order valence-electron chi connectivity index (χ2n) is 9.60. The topological polar surface area (TPSA) is 109 Å². The molecule has 10 nitrogen and oxygen atoms in total. The smallest absolute Gasteiger partial charge is 0.288 e. The Bertz CT molecular complexity index is 1210. The number of nitrogens with zero attached hydrogens (tertiary/aromatic N) is 3. The molecule has 11 heteroatoms. The van der Waals surface area contributed by atoms with Crippen molar-refractivity contribution >= 4 is 15.9 Å². The van der Waals surface area contributed by atoms with Crippen LogP contribution in [0.4, 0.5) is 0 Å². The molecule has 0 saturated carbocycles. The Kier molecular flexibility index (Phi) is 9.98. The number of benzene rings is 2. The average molecular weight is 560 g/mol. The van der Waals surface area contributed by atoms with Crippen LogP contribution in [0, 0.1) is 0 Å². The highest BCUT2D eigenvalue weighted by atomic mass is 32.2. The number of piperazine rings is 1. The van der Waals surface area contributed by atoms with Crippen molar-refractivity contribution in [1.29, 1.82) is 0 Å². The minimum atomic E-state index is -3.87. The lowest BCUT2D eigenvalue weighted by atomic mass is 9.93. The van der Waals surface area contributed by atoms with Crippen LogP contribution >= 0.6 is 0 Å². The molecule has 2 aromatic rings. The van der Waals surface area contributed by atoms with Gasteiger partial charge in [-0.3, -0.25) is 4.79 Å². The maximum absolute atomic E-state index is 13.3. The van der Waals surface area contributed by atoms with Crippen LogP contribution in [0.1, 0.15) is 17.9 Å². The van der Waals surface area contributed by atoms with Crippen LogP contribution in [0.15, 0.2) is 71.3 Å². The molecule has 212 valence electrons. The van der Waals surface area contributed by atoms with Gasteiger partial charge in [-0.2, -0.15) is 4.31 Å². The van der Waals surface area contributed by atoms with E-state index in [-0.39, 0.29) is 48.8 Å². The highest BCUT2D eigenvalue weighted by molar-refractivity contribution is 7.89. The third kappa shape index (κ3) is 7.37. The molecule has 2 atom stereocenters. The second-order valence-corrected chi connectivity index (χ2v) is 11.5. The van der Waals surface area contributed by atoms with Gasteiger partial charge in [0.2, 0.25) is 16.3 Å². The van der Waals surface area contributed by atoms with Gasteiger partial charge in [-0.1, -0.05) is 30.3 Å². The molecule has 4 rings (SSSR count). The third-order valence-corrected chi connectivity index (χ3v) is 8.89. The molecule has 2 aliphatic heterocycles. The number of aliphatic hydroxyl groups is 1. The molecule has 0 aromatic heterocycles. The summed E-state index contributed by atoms with van der Waals surface area (Å²) in [6.45, 7) is 2.46. The maximum atomic E-state index is 13.3. The number of aliphatic hydroxyl groups excluding tert-OH is 1. The Labute approximate surface area is 230 Å². The van der Waals surface area contributed by atoms with Gasteiger partial charge in [0, 0.05) is 51.6 Å². The van der Waals surface area contributed by atoms with E-state index >= 15 is 0 Å². The highest BCUT2D eigenvalue weighted by Gasteiger charge is 2.32. The Hall–Kier alpha value is -2.96. The van der Waals surface area contributed by atoms with Crippen molar-refractivity contribution in [2.75, 3.05) is 66.6 Å². The molecule has 2 aromatic carbocycles. The molecule has 0 radical (unpaired) electrons. The zero-order valence-electron chi connectivity index (χ0n) is 22.4. The number of hydrogen-bond acceptors (Lipinski definition) is 8. The fraction of sp³-hybridized carbons (Fsp3) is 0.464. The molecule has 0 bridgehead atoms. The zero-order chi connectivity index (χ0) is 27.8. The van der Waals surface area contributed by atoms with Crippen molar-refractivity contribution in [1.82, 2.24) is 14.1 Å². The minimum absolute atomic E-state index is 0.0102. The van der Waals surface area contributed by atoms with Crippen molar-refractivity contribution in [3.05, 3.63) is 72.0 Å². The van der Waals surface area contributed by atoms with Gasteiger partial charge < -0.3 is 29.1 Å². The summed E-state index contributed by atoms with van der Waals surface area (Å²) in [4.78, 5) is 17.4. The molecular weight excluding hydrogens is 522 g/mol. The molecule has 0 spiro atoms. The van der Waals surface area contributed by atoms with E-state index in [1.54, 1.807) is 17.0 Å². The summed E-state index contributed by atoms with van der Waals surface area (Å²) in [5, 5.41) is 9.53. The van der Waals surface area contributed by atoms with E-state index in [4.69, 9.17) is 14.2 Å². The predicted octanol–water partition coefficient (Wildman–Crippen LogP) is 1.88. The summed E-state index contributed by atoms with van der Waals surface area (Å²) >= 11 is 0. The standard InChI is InChI=1S/C28H37N3O7S/c1-29-12-14-30(15-13-29)28(33)26-20-23(22-6-4-3-5-7-22)21-27(38-26)37-19-17-31(16-18-32)39(34,35)25-10-8-24(36-2)9-11-25/h3-11,20,23,27,32H,12-19,21H2,1-2H3/t23-,27+/m0/s1. The molecule has 0 unspecified atom stereocenters. The van der Waals surface area contributed by atoms with Crippen molar-refractivity contribution < 1.29 is 32.5 Å². The van der Waals surface area contributed by atoms with Crippen molar-refractivity contribution in [3.8, 4) is 5.75 Å². The Morgan fingerprint density at radius 1 is 1.05 bits per heavy atom. The highest BCUT2D eigenvalue weighted by Crippen LogP contribution is 2.32. The van der Waals surface area contributed by atoms with Crippen LogP contribution in [-0.4, -0.2) is 106 Å². The maximum Gasteiger partial charge on any atom is 0.288 e. The number of allylic oxidation sites excluding steroid dienone is 1. The van der Waals surface area contributed by atoms with Gasteiger partial charge >= 0.3 is 0 Å². The number of likely N-dealkylation sites (N-methyl/N-ethyl adjacent to an activating group) is 1. The van der Waals surface area contributed by atoms with Crippen LogP contribution in [-0.2, 0) is 24.3 Å². The molecule has 1 saturated heterocycles. The van der Waals surface area contributed by atoms with Crippen LogP contribution in [0.2, 0.25) is 0 Å². The fourth-order valence-corrected chi connectivity index (χ4v) is 6.07. The molecule has 1 N–H and O–H groups in total. The van der Waals surface area contributed by atoms with Crippen LogP contribution in [0.25, 0.3) is 0 Å². The summed E-state index contributed by atoms with van der Waals surface area (Å²) < 4.78 is 44.7. The van der Waals surface area contributed by atoms with Crippen LogP contribution in [0.3, 0.4) is 0 Å². The SMILES string of the molecule is COc1ccc(S(=O)(=O)N(CCO)CCO[C@H]2C[C@@H](c3ccccc3)C=C(C(=O)N3CCN(C)CC3)O2)cc1. The molecule has 2 heterocycles. The summed E-state index contributed by atoms with van der Waals surface area (Å²) in [5.74, 6) is 0.542. The summed E-state index contributed by atoms with van der Waals surface area (Å²) in [5.41, 5.74) is 1.04. The lowest BCUT2D eigenvalue weighted by molar-refractivity contribution is -0.153. The van der Waals surface area contributed by atoms with Gasteiger partial charge in [0.25, 0.3) is 5.91 Å². The second kappa shape index (κ2) is 13.4. The normalized spacial score (nSPS) is 20.4. The van der Waals surface area contributed by atoms with E-state index in [9.17, 15) is 18.3 Å². The van der Waals surface area contributed by atoms with E-state index in [2.05, 4.69) is 4.90 Å². The predicted molar refractivity (Wildman–Crippen MR) is 146 cm³/mol. The summed E-state index contributed by atoms with van der Waals surface area (Å²) in [7, 11) is -0.329.